The molecule has 0 spiro atoms. The van der Waals surface area contributed by atoms with Crippen molar-refractivity contribution in [2.24, 2.45) is 0 Å². The van der Waals surface area contributed by atoms with Crippen molar-refractivity contribution in [1.82, 2.24) is 4.98 Å². The summed E-state index contributed by atoms with van der Waals surface area (Å²) in [5.74, 6) is 0.752. The number of hydrogen-bond acceptors (Lipinski definition) is 3. The fourth-order valence-corrected chi connectivity index (χ4v) is 1.72. The van der Waals surface area contributed by atoms with Gasteiger partial charge in [0.2, 0.25) is 0 Å². The Balaban J connectivity index is 2.13. The highest BCUT2D eigenvalue weighted by Crippen LogP contribution is 2.15. The molecule has 0 amide bonds. The number of pyridine rings is 1. The average Bonchev–Trinajstić information content (AvgIpc) is 2.39. The summed E-state index contributed by atoms with van der Waals surface area (Å²) < 4.78 is 5.12. The van der Waals surface area contributed by atoms with Crippen LogP contribution in [0.2, 0.25) is 5.15 Å². The molecular weight excluding hydrogens is 250 g/mol. The largest absolute Gasteiger partial charge is 0.497 e. The molecule has 0 N–H and O–H groups in total. The predicted octanol–water partition coefficient (Wildman–Crippen LogP) is 3.17. The molecule has 0 bridgehead atoms. The second-order valence-corrected chi connectivity index (χ2v) is 4.21. The van der Waals surface area contributed by atoms with Crippen molar-refractivity contribution in [3.63, 3.8) is 0 Å². The van der Waals surface area contributed by atoms with Gasteiger partial charge in [-0.1, -0.05) is 23.7 Å². The molecule has 1 aromatic carbocycles. The van der Waals surface area contributed by atoms with E-state index in [1.807, 2.05) is 24.3 Å². The smallest absolute Gasteiger partial charge is 0.168 e. The lowest BCUT2D eigenvalue weighted by atomic mass is 10.0. The Bertz CT molecular complexity index is 552. The first-order valence-corrected chi connectivity index (χ1v) is 5.84. The summed E-state index contributed by atoms with van der Waals surface area (Å²) >= 11 is 5.68. The number of halogens is 1. The van der Waals surface area contributed by atoms with Crippen LogP contribution in [-0.4, -0.2) is 17.9 Å². The lowest BCUT2D eigenvalue weighted by molar-refractivity contribution is 0.0992. The van der Waals surface area contributed by atoms with Crippen molar-refractivity contribution in [2.75, 3.05) is 7.11 Å². The molecule has 0 saturated heterocycles. The third kappa shape index (κ3) is 3.08. The number of carbonyl (C=O) groups is 1. The van der Waals surface area contributed by atoms with Crippen LogP contribution in [0.25, 0.3) is 0 Å². The predicted molar refractivity (Wildman–Crippen MR) is 70.3 cm³/mol. The topological polar surface area (TPSA) is 39.2 Å². The Labute approximate surface area is 110 Å². The van der Waals surface area contributed by atoms with Gasteiger partial charge in [-0.3, -0.25) is 4.79 Å². The molecule has 2 rings (SSSR count). The van der Waals surface area contributed by atoms with Gasteiger partial charge in [-0.15, -0.1) is 0 Å². The number of Topliss-reactive ketones (excluding diaryl/α,β-unsaturated/α-hetero) is 1. The maximum atomic E-state index is 12.0. The molecule has 0 fully saturated rings. The van der Waals surface area contributed by atoms with Crippen molar-refractivity contribution in [3.05, 3.63) is 58.9 Å². The zero-order chi connectivity index (χ0) is 13.0. The van der Waals surface area contributed by atoms with Crippen LogP contribution in [0.15, 0.2) is 42.6 Å². The minimum Gasteiger partial charge on any atom is -0.497 e. The first-order valence-electron chi connectivity index (χ1n) is 5.47. The second-order valence-electron chi connectivity index (χ2n) is 3.82. The normalized spacial score (nSPS) is 10.1. The molecule has 1 aromatic heterocycles. The summed E-state index contributed by atoms with van der Waals surface area (Å²) in [6.45, 7) is 0. The van der Waals surface area contributed by atoms with Crippen molar-refractivity contribution >= 4 is 17.4 Å². The maximum absolute atomic E-state index is 12.0. The fourth-order valence-electron chi connectivity index (χ4n) is 1.61. The minimum absolute atomic E-state index is 0.00687. The summed E-state index contributed by atoms with van der Waals surface area (Å²) in [5.41, 5.74) is 1.47. The van der Waals surface area contributed by atoms with E-state index in [-0.39, 0.29) is 5.78 Å². The van der Waals surface area contributed by atoms with Crippen LogP contribution in [0.5, 0.6) is 5.75 Å². The molecule has 0 atom stereocenters. The van der Waals surface area contributed by atoms with Gasteiger partial charge in [0.25, 0.3) is 0 Å². The van der Waals surface area contributed by atoms with E-state index in [0.29, 0.717) is 17.1 Å². The molecule has 4 heteroatoms. The molecule has 0 aliphatic heterocycles. The van der Waals surface area contributed by atoms with Crippen LogP contribution in [-0.2, 0) is 6.42 Å². The fraction of sp³-hybridized carbons (Fsp3) is 0.143. The first kappa shape index (κ1) is 12.6. The SMILES string of the molecule is COc1cccc(CC(=O)c2ccc(Cl)nc2)c1. The van der Waals surface area contributed by atoms with Crippen molar-refractivity contribution in [3.8, 4) is 5.75 Å². The van der Waals surface area contributed by atoms with E-state index >= 15 is 0 Å². The summed E-state index contributed by atoms with van der Waals surface area (Å²) in [5, 5.41) is 0.382. The number of methoxy groups -OCH3 is 1. The number of ketones is 1. The number of nitrogens with zero attached hydrogens (tertiary/aromatic N) is 1. The van der Waals surface area contributed by atoms with Crippen LogP contribution in [0.4, 0.5) is 0 Å². The lowest BCUT2D eigenvalue weighted by Gasteiger charge is -2.04. The van der Waals surface area contributed by atoms with Gasteiger partial charge in [0.05, 0.1) is 7.11 Å². The summed E-state index contributed by atoms with van der Waals surface area (Å²) in [7, 11) is 1.60. The van der Waals surface area contributed by atoms with Crippen LogP contribution < -0.4 is 4.74 Å². The van der Waals surface area contributed by atoms with Crippen molar-refractivity contribution in [1.29, 1.82) is 0 Å². The highest BCUT2D eigenvalue weighted by Gasteiger charge is 2.08. The molecule has 0 radical (unpaired) electrons. The highest BCUT2D eigenvalue weighted by atomic mass is 35.5. The van der Waals surface area contributed by atoms with E-state index in [2.05, 4.69) is 4.98 Å². The van der Waals surface area contributed by atoms with Crippen molar-refractivity contribution in [2.45, 2.75) is 6.42 Å². The minimum atomic E-state index is 0.00687. The molecule has 2 aromatic rings. The van der Waals surface area contributed by atoms with Crippen LogP contribution in [0.1, 0.15) is 15.9 Å². The van der Waals surface area contributed by atoms with Gasteiger partial charge >= 0.3 is 0 Å². The third-order valence-electron chi connectivity index (χ3n) is 2.55. The molecule has 92 valence electrons. The maximum Gasteiger partial charge on any atom is 0.168 e. The van der Waals surface area contributed by atoms with Gasteiger partial charge in [-0.05, 0) is 29.8 Å². The van der Waals surface area contributed by atoms with Crippen LogP contribution in [0, 0.1) is 0 Å². The Hall–Kier alpha value is -1.87. The van der Waals surface area contributed by atoms with Gasteiger partial charge in [0, 0.05) is 18.2 Å². The Kier molecular flexibility index (Phi) is 3.95. The second kappa shape index (κ2) is 5.65. The van der Waals surface area contributed by atoms with Crippen molar-refractivity contribution < 1.29 is 9.53 Å². The molecular formula is C14H12ClNO2. The monoisotopic (exact) mass is 261 g/mol. The average molecular weight is 262 g/mol. The van der Waals surface area contributed by atoms with Gasteiger partial charge in [-0.25, -0.2) is 4.98 Å². The number of hydrogen-bond donors (Lipinski definition) is 0. The third-order valence-corrected chi connectivity index (χ3v) is 2.77. The van der Waals surface area contributed by atoms with E-state index in [1.54, 1.807) is 19.2 Å². The first-order chi connectivity index (χ1) is 8.69. The standard InChI is InChI=1S/C14H12ClNO2/c1-18-12-4-2-3-10(7-12)8-13(17)11-5-6-14(15)16-9-11/h2-7,9H,8H2,1H3. The number of ether oxygens (including phenoxy) is 1. The Morgan fingerprint density at radius 1 is 1.33 bits per heavy atom. The van der Waals surface area contributed by atoms with E-state index in [0.717, 1.165) is 11.3 Å². The summed E-state index contributed by atoms with van der Waals surface area (Å²) in [4.78, 5) is 15.9. The molecule has 0 saturated carbocycles. The molecule has 0 aliphatic rings. The lowest BCUT2D eigenvalue weighted by Crippen LogP contribution is -2.04. The summed E-state index contributed by atoms with van der Waals surface area (Å²) in [6, 6.07) is 10.7. The molecule has 18 heavy (non-hydrogen) atoms. The zero-order valence-corrected chi connectivity index (χ0v) is 10.6. The quantitative estimate of drug-likeness (QED) is 0.627. The van der Waals surface area contributed by atoms with Gasteiger partial charge in [0.15, 0.2) is 5.78 Å². The van der Waals surface area contributed by atoms with E-state index in [9.17, 15) is 4.79 Å². The van der Waals surface area contributed by atoms with Crippen LogP contribution in [0.3, 0.4) is 0 Å². The zero-order valence-electron chi connectivity index (χ0n) is 9.89. The van der Waals surface area contributed by atoms with E-state index in [4.69, 9.17) is 16.3 Å². The van der Waals surface area contributed by atoms with E-state index in [1.165, 1.54) is 6.20 Å². The Morgan fingerprint density at radius 2 is 2.17 bits per heavy atom. The summed E-state index contributed by atoms with van der Waals surface area (Å²) in [6.07, 6.45) is 1.81. The van der Waals surface area contributed by atoms with Gasteiger partial charge < -0.3 is 4.74 Å². The van der Waals surface area contributed by atoms with E-state index < -0.39 is 0 Å². The molecule has 0 unspecified atom stereocenters. The molecule has 0 aliphatic carbocycles. The number of aromatic nitrogens is 1. The van der Waals surface area contributed by atoms with Gasteiger partial charge in [0.1, 0.15) is 10.9 Å². The highest BCUT2D eigenvalue weighted by molar-refractivity contribution is 6.29. The molecule has 1 heterocycles. The number of rotatable bonds is 4. The number of benzene rings is 1. The Morgan fingerprint density at radius 3 is 2.83 bits per heavy atom. The number of carbonyl (C=O) groups excluding carboxylic acids is 1. The molecule has 3 nitrogen and oxygen atoms in total. The van der Waals surface area contributed by atoms with Crippen LogP contribution >= 0.6 is 11.6 Å². The van der Waals surface area contributed by atoms with Gasteiger partial charge in [-0.2, -0.15) is 0 Å².